The molecule has 2 aromatic rings. The zero-order chi connectivity index (χ0) is 20.4. The lowest BCUT2D eigenvalue weighted by atomic mass is 10.1. The molecule has 1 aromatic heterocycles. The first kappa shape index (κ1) is 19.4. The summed E-state index contributed by atoms with van der Waals surface area (Å²) >= 11 is 1.48. The molecule has 8 heteroatoms. The second-order valence-electron chi connectivity index (χ2n) is 7.16. The second kappa shape index (κ2) is 8.24. The smallest absolute Gasteiger partial charge is 0.279 e. The Morgan fingerprint density at radius 3 is 2.86 bits per heavy atom. The molecule has 152 valence electrons. The second-order valence-corrected chi connectivity index (χ2v) is 8.30. The number of anilines is 1. The van der Waals surface area contributed by atoms with E-state index in [-0.39, 0.29) is 30.7 Å². The van der Waals surface area contributed by atoms with Crippen LogP contribution >= 0.6 is 11.3 Å². The highest BCUT2D eigenvalue weighted by atomic mass is 32.1. The van der Waals surface area contributed by atoms with E-state index in [0.29, 0.717) is 22.9 Å². The molecule has 0 spiro atoms. The molecule has 0 bridgehead atoms. The summed E-state index contributed by atoms with van der Waals surface area (Å²) in [5, 5.41) is 0. The van der Waals surface area contributed by atoms with E-state index in [4.69, 9.17) is 4.74 Å². The Kier molecular flexibility index (Phi) is 5.53. The van der Waals surface area contributed by atoms with Crippen LogP contribution in [0.2, 0.25) is 0 Å². The molecule has 1 aromatic carbocycles. The van der Waals surface area contributed by atoms with Gasteiger partial charge in [0.25, 0.3) is 5.91 Å². The minimum atomic E-state index is -0.536. The van der Waals surface area contributed by atoms with Crippen LogP contribution in [0.1, 0.15) is 39.9 Å². The lowest BCUT2D eigenvalue weighted by Gasteiger charge is -2.20. The molecular weight excluding hydrogens is 390 g/mol. The largest absolute Gasteiger partial charge is 0.492 e. The fourth-order valence-electron chi connectivity index (χ4n) is 3.80. The highest BCUT2D eigenvalue weighted by Gasteiger charge is 2.36. The molecule has 2 aliphatic rings. The molecule has 3 amide bonds. The van der Waals surface area contributed by atoms with E-state index >= 15 is 0 Å². The van der Waals surface area contributed by atoms with Gasteiger partial charge in [0, 0.05) is 17.8 Å². The number of benzene rings is 1. The topological polar surface area (TPSA) is 87.7 Å². The predicted molar refractivity (Wildman–Crippen MR) is 110 cm³/mol. The number of thiophene rings is 1. The van der Waals surface area contributed by atoms with Crippen molar-refractivity contribution in [3.8, 4) is 5.75 Å². The van der Waals surface area contributed by atoms with Crippen LogP contribution in [-0.2, 0) is 22.4 Å². The summed E-state index contributed by atoms with van der Waals surface area (Å²) in [5.41, 5.74) is 6.85. The number of carbonyl (C=O) groups is 3. The molecule has 7 nitrogen and oxygen atoms in total. The number of nitrogens with zero attached hydrogens (tertiary/aromatic N) is 1. The molecule has 1 atom stereocenters. The normalized spacial score (nSPS) is 17.9. The fourth-order valence-corrected chi connectivity index (χ4v) is 4.95. The number of aryl methyl sites for hydroxylation is 2. The lowest BCUT2D eigenvalue weighted by molar-refractivity contribution is -0.126. The number of para-hydroxylation sites is 2. The van der Waals surface area contributed by atoms with Crippen molar-refractivity contribution in [2.45, 2.75) is 32.6 Å². The van der Waals surface area contributed by atoms with Crippen LogP contribution in [0.4, 0.5) is 5.69 Å². The Morgan fingerprint density at radius 2 is 2.07 bits per heavy atom. The maximum Gasteiger partial charge on any atom is 0.279 e. The van der Waals surface area contributed by atoms with E-state index in [2.05, 4.69) is 10.9 Å². The number of hydrazine groups is 1. The number of amides is 3. The zero-order valence-corrected chi connectivity index (χ0v) is 17.0. The number of hydrogen-bond acceptors (Lipinski definition) is 5. The molecule has 2 heterocycles. The Bertz CT molecular complexity index is 934. The van der Waals surface area contributed by atoms with Crippen molar-refractivity contribution >= 4 is 34.7 Å². The van der Waals surface area contributed by atoms with Crippen LogP contribution in [0.15, 0.2) is 30.3 Å². The average molecular weight is 413 g/mol. The predicted octanol–water partition coefficient (Wildman–Crippen LogP) is 2.45. The van der Waals surface area contributed by atoms with Gasteiger partial charge in [-0.3, -0.25) is 25.2 Å². The Balaban J connectivity index is 1.36. The van der Waals surface area contributed by atoms with Gasteiger partial charge in [-0.2, -0.15) is 0 Å². The van der Waals surface area contributed by atoms with Crippen LogP contribution in [0.25, 0.3) is 0 Å². The summed E-state index contributed by atoms with van der Waals surface area (Å²) in [7, 11) is 0. The number of ether oxygens (including phenoxy) is 1. The zero-order valence-electron chi connectivity index (χ0n) is 16.2. The third-order valence-corrected chi connectivity index (χ3v) is 6.46. The Hall–Kier alpha value is -2.87. The fraction of sp³-hybridized carbons (Fsp3) is 0.381. The van der Waals surface area contributed by atoms with Crippen molar-refractivity contribution in [1.82, 2.24) is 10.9 Å². The van der Waals surface area contributed by atoms with Gasteiger partial charge in [0.2, 0.25) is 11.8 Å². The van der Waals surface area contributed by atoms with Gasteiger partial charge in [0.15, 0.2) is 0 Å². The molecule has 1 saturated heterocycles. The molecular formula is C21H23N3O4S. The molecule has 1 fully saturated rings. The Morgan fingerprint density at radius 1 is 1.24 bits per heavy atom. The summed E-state index contributed by atoms with van der Waals surface area (Å²) in [6.07, 6.45) is 3.26. The molecule has 1 aliphatic heterocycles. The van der Waals surface area contributed by atoms with Crippen molar-refractivity contribution < 1.29 is 19.1 Å². The molecule has 29 heavy (non-hydrogen) atoms. The van der Waals surface area contributed by atoms with Gasteiger partial charge in [0.05, 0.1) is 23.1 Å². The third-order valence-electron chi connectivity index (χ3n) is 5.22. The van der Waals surface area contributed by atoms with E-state index in [1.807, 2.05) is 25.1 Å². The van der Waals surface area contributed by atoms with Gasteiger partial charge in [-0.05, 0) is 49.9 Å². The highest BCUT2D eigenvalue weighted by molar-refractivity contribution is 7.14. The first-order valence-electron chi connectivity index (χ1n) is 9.80. The van der Waals surface area contributed by atoms with E-state index in [9.17, 15) is 14.4 Å². The molecule has 4 rings (SSSR count). The van der Waals surface area contributed by atoms with Crippen molar-refractivity contribution in [3.05, 3.63) is 45.6 Å². The summed E-state index contributed by atoms with van der Waals surface area (Å²) in [4.78, 5) is 40.8. The number of carbonyl (C=O) groups excluding carboxylic acids is 3. The van der Waals surface area contributed by atoms with Crippen LogP contribution in [0.5, 0.6) is 5.75 Å². The molecule has 0 saturated carbocycles. The van der Waals surface area contributed by atoms with Crippen LogP contribution in [-0.4, -0.2) is 30.9 Å². The first-order valence-corrected chi connectivity index (χ1v) is 10.6. The third kappa shape index (κ3) is 3.98. The monoisotopic (exact) mass is 413 g/mol. The number of nitrogens with one attached hydrogen (secondary N) is 2. The maximum absolute atomic E-state index is 12.5. The summed E-state index contributed by atoms with van der Waals surface area (Å²) in [5.74, 6) is -0.750. The van der Waals surface area contributed by atoms with Gasteiger partial charge < -0.3 is 9.64 Å². The van der Waals surface area contributed by atoms with Gasteiger partial charge in [0.1, 0.15) is 5.75 Å². The molecule has 1 unspecified atom stereocenters. The molecule has 0 radical (unpaired) electrons. The van der Waals surface area contributed by atoms with Crippen molar-refractivity contribution in [2.75, 3.05) is 18.1 Å². The first-order chi connectivity index (χ1) is 14.1. The standard InChI is InChI=1S/C21H23N3O4S/c1-2-28-16-8-4-3-7-15(16)24-12-14(11-19(24)25)20(26)22-23-21(27)18-10-13-6-5-9-17(13)29-18/h3-4,7-8,10,14H,2,5-6,9,11-12H2,1H3,(H,22,26)(H,23,27). The summed E-state index contributed by atoms with van der Waals surface area (Å²) < 4.78 is 5.60. The van der Waals surface area contributed by atoms with E-state index in [1.165, 1.54) is 21.8 Å². The lowest BCUT2D eigenvalue weighted by Crippen LogP contribution is -2.45. The maximum atomic E-state index is 12.5. The van der Waals surface area contributed by atoms with E-state index in [0.717, 1.165) is 19.3 Å². The van der Waals surface area contributed by atoms with Gasteiger partial charge in [-0.15, -0.1) is 11.3 Å². The molecule has 2 N–H and O–H groups in total. The minimum Gasteiger partial charge on any atom is -0.492 e. The SMILES string of the molecule is CCOc1ccccc1N1CC(C(=O)NNC(=O)c2cc3c(s2)CCC3)CC1=O. The quantitative estimate of drug-likeness (QED) is 0.737. The van der Waals surface area contributed by atoms with Crippen LogP contribution in [0.3, 0.4) is 0 Å². The highest BCUT2D eigenvalue weighted by Crippen LogP contribution is 2.33. The van der Waals surface area contributed by atoms with Crippen LogP contribution < -0.4 is 20.5 Å². The number of fused-ring (bicyclic) bond motifs is 1. The average Bonchev–Trinajstić information content (AvgIpc) is 3.41. The van der Waals surface area contributed by atoms with Gasteiger partial charge >= 0.3 is 0 Å². The summed E-state index contributed by atoms with van der Waals surface area (Å²) in [6.45, 7) is 2.61. The van der Waals surface area contributed by atoms with Crippen molar-refractivity contribution in [1.29, 1.82) is 0 Å². The number of hydrogen-bond donors (Lipinski definition) is 2. The number of rotatable bonds is 5. The van der Waals surface area contributed by atoms with Gasteiger partial charge in [-0.25, -0.2) is 0 Å². The van der Waals surface area contributed by atoms with E-state index < -0.39 is 5.92 Å². The Labute approximate surface area is 173 Å². The van der Waals surface area contributed by atoms with Gasteiger partial charge in [-0.1, -0.05) is 12.1 Å². The van der Waals surface area contributed by atoms with E-state index in [1.54, 1.807) is 17.0 Å². The summed E-state index contributed by atoms with van der Waals surface area (Å²) in [6, 6.07) is 9.19. The molecule has 1 aliphatic carbocycles. The minimum absolute atomic E-state index is 0.0927. The van der Waals surface area contributed by atoms with Crippen LogP contribution in [0, 0.1) is 5.92 Å². The van der Waals surface area contributed by atoms with Crippen molar-refractivity contribution in [2.24, 2.45) is 5.92 Å². The van der Waals surface area contributed by atoms with Crippen molar-refractivity contribution in [3.63, 3.8) is 0 Å².